The maximum atomic E-state index is 12.2. The molecule has 0 saturated heterocycles. The van der Waals surface area contributed by atoms with E-state index in [1.54, 1.807) is 12.1 Å². The number of nitrogens with one attached hydrogen (secondary N) is 2. The van der Waals surface area contributed by atoms with Crippen molar-refractivity contribution in [3.05, 3.63) is 77.3 Å². The average molecular weight is 340 g/mol. The topological polar surface area (TPSA) is 33.5 Å². The van der Waals surface area contributed by atoms with E-state index in [0.29, 0.717) is 17.3 Å². The minimum absolute atomic E-state index is 0.0404. The van der Waals surface area contributed by atoms with Crippen LogP contribution in [-0.4, -0.2) is 19.5 Å². The molecule has 0 aliphatic rings. The van der Waals surface area contributed by atoms with Crippen LogP contribution >= 0.6 is 11.6 Å². The van der Waals surface area contributed by atoms with E-state index in [2.05, 4.69) is 35.6 Å². The molecule has 0 saturated carbocycles. The Morgan fingerprint density at radius 3 is 2.50 bits per heavy atom. The highest BCUT2D eigenvalue weighted by Gasteiger charge is 2.12. The van der Waals surface area contributed by atoms with Crippen molar-refractivity contribution in [3.8, 4) is 0 Å². The van der Waals surface area contributed by atoms with E-state index >= 15 is 0 Å². The van der Waals surface area contributed by atoms with Crippen LogP contribution in [-0.2, 0) is 11.3 Å². The molecule has 0 aliphatic carbocycles. The first-order chi connectivity index (χ1) is 11.6. The summed E-state index contributed by atoms with van der Waals surface area (Å²) in [4.78, 5) is 13.3. The number of amides is 1. The standard InChI is InChI=1S/C20H19ClN2O/c1-23(14-20(24)22-19-9-5-4-8-18(19)21)13-15-10-11-16-6-2-3-7-17(16)12-15/h2-12H,13-14H2,1H3,(H,22,24)/p+1. The molecule has 0 fully saturated rings. The van der Waals surface area contributed by atoms with Crippen molar-refractivity contribution >= 4 is 34.0 Å². The van der Waals surface area contributed by atoms with Gasteiger partial charge in [-0.15, -0.1) is 0 Å². The van der Waals surface area contributed by atoms with E-state index in [9.17, 15) is 4.79 Å². The fourth-order valence-electron chi connectivity index (χ4n) is 2.79. The zero-order valence-corrected chi connectivity index (χ0v) is 14.3. The van der Waals surface area contributed by atoms with E-state index in [1.807, 2.05) is 31.3 Å². The van der Waals surface area contributed by atoms with Gasteiger partial charge in [0.15, 0.2) is 6.54 Å². The normalized spacial score (nSPS) is 12.1. The molecule has 2 N–H and O–H groups in total. The Kier molecular flexibility index (Phi) is 5.14. The number of carbonyl (C=O) groups excluding carboxylic acids is 1. The molecule has 4 heteroatoms. The van der Waals surface area contributed by atoms with Gasteiger partial charge in [0.2, 0.25) is 0 Å². The zero-order chi connectivity index (χ0) is 16.9. The zero-order valence-electron chi connectivity index (χ0n) is 13.6. The van der Waals surface area contributed by atoms with Gasteiger partial charge in [0.05, 0.1) is 17.8 Å². The number of para-hydroxylation sites is 1. The summed E-state index contributed by atoms with van der Waals surface area (Å²) in [5, 5.41) is 5.88. The fraction of sp³-hybridized carbons (Fsp3) is 0.150. The molecule has 1 atom stereocenters. The van der Waals surface area contributed by atoms with Crippen molar-refractivity contribution in [2.24, 2.45) is 0 Å². The Morgan fingerprint density at radius 2 is 1.71 bits per heavy atom. The number of quaternary nitrogens is 1. The molecule has 0 heterocycles. The molecule has 1 unspecified atom stereocenters. The van der Waals surface area contributed by atoms with E-state index in [-0.39, 0.29) is 5.91 Å². The summed E-state index contributed by atoms with van der Waals surface area (Å²) in [6.45, 7) is 1.18. The summed E-state index contributed by atoms with van der Waals surface area (Å²) in [5.74, 6) is -0.0404. The lowest BCUT2D eigenvalue weighted by molar-refractivity contribution is -0.885. The predicted octanol–water partition coefficient (Wildman–Crippen LogP) is 3.15. The molecule has 122 valence electrons. The van der Waals surface area contributed by atoms with E-state index < -0.39 is 0 Å². The molecule has 3 nitrogen and oxygen atoms in total. The summed E-state index contributed by atoms with van der Waals surface area (Å²) < 4.78 is 0. The quantitative estimate of drug-likeness (QED) is 0.735. The van der Waals surface area contributed by atoms with E-state index in [1.165, 1.54) is 16.3 Å². The second kappa shape index (κ2) is 7.47. The van der Waals surface area contributed by atoms with Crippen LogP contribution in [0.1, 0.15) is 5.56 Å². The summed E-state index contributed by atoms with van der Waals surface area (Å²) in [7, 11) is 2.02. The number of fused-ring (bicyclic) bond motifs is 1. The largest absolute Gasteiger partial charge is 0.326 e. The van der Waals surface area contributed by atoms with Crippen molar-refractivity contribution in [2.75, 3.05) is 18.9 Å². The molecular formula is C20H20ClN2O+. The van der Waals surface area contributed by atoms with Gasteiger partial charge in [-0.3, -0.25) is 4.79 Å². The first kappa shape index (κ1) is 16.5. The van der Waals surface area contributed by atoms with Crippen molar-refractivity contribution in [3.63, 3.8) is 0 Å². The minimum Gasteiger partial charge on any atom is -0.326 e. The SMILES string of the molecule is C[NH+](CC(=O)Nc1ccccc1Cl)Cc1ccc2ccccc2c1. The third kappa shape index (κ3) is 4.13. The van der Waals surface area contributed by atoms with Gasteiger partial charge < -0.3 is 10.2 Å². The van der Waals surface area contributed by atoms with Crippen molar-refractivity contribution in [2.45, 2.75) is 6.54 Å². The van der Waals surface area contributed by atoms with Gasteiger partial charge in [0.25, 0.3) is 5.91 Å². The second-order valence-corrected chi connectivity index (χ2v) is 6.43. The maximum absolute atomic E-state index is 12.2. The lowest BCUT2D eigenvalue weighted by atomic mass is 10.1. The summed E-state index contributed by atoms with van der Waals surface area (Å²) >= 11 is 6.07. The number of anilines is 1. The first-order valence-electron chi connectivity index (χ1n) is 7.95. The number of hydrogen-bond acceptors (Lipinski definition) is 1. The van der Waals surface area contributed by atoms with Crippen LogP contribution in [0.25, 0.3) is 10.8 Å². The number of hydrogen-bond donors (Lipinski definition) is 2. The highest BCUT2D eigenvalue weighted by Crippen LogP contribution is 2.20. The first-order valence-corrected chi connectivity index (χ1v) is 8.33. The molecule has 0 spiro atoms. The summed E-state index contributed by atoms with van der Waals surface area (Å²) in [5.41, 5.74) is 1.87. The Morgan fingerprint density at radius 1 is 1.00 bits per heavy atom. The second-order valence-electron chi connectivity index (χ2n) is 6.02. The molecule has 1 amide bonds. The number of rotatable bonds is 5. The fourth-order valence-corrected chi connectivity index (χ4v) is 2.97. The molecular weight excluding hydrogens is 320 g/mol. The number of benzene rings is 3. The van der Waals surface area contributed by atoms with Crippen LogP contribution in [0.3, 0.4) is 0 Å². The molecule has 3 rings (SSSR count). The van der Waals surface area contributed by atoms with Crippen molar-refractivity contribution in [1.29, 1.82) is 0 Å². The average Bonchev–Trinajstić information content (AvgIpc) is 2.56. The van der Waals surface area contributed by atoms with Gasteiger partial charge in [-0.2, -0.15) is 0 Å². The van der Waals surface area contributed by atoms with Gasteiger partial charge in [0.1, 0.15) is 6.54 Å². The van der Waals surface area contributed by atoms with Crippen LogP contribution < -0.4 is 10.2 Å². The Bertz CT molecular complexity index is 863. The molecule has 3 aromatic rings. The van der Waals surface area contributed by atoms with Gasteiger partial charge in [-0.1, -0.05) is 60.1 Å². The minimum atomic E-state index is -0.0404. The third-order valence-corrected chi connectivity index (χ3v) is 4.26. The third-order valence-electron chi connectivity index (χ3n) is 3.93. The summed E-state index contributed by atoms with van der Waals surface area (Å²) in [6.07, 6.45) is 0. The van der Waals surface area contributed by atoms with Crippen molar-refractivity contribution < 1.29 is 9.69 Å². The van der Waals surface area contributed by atoms with Crippen LogP contribution in [0.5, 0.6) is 0 Å². The van der Waals surface area contributed by atoms with Gasteiger partial charge in [-0.25, -0.2) is 0 Å². The van der Waals surface area contributed by atoms with Gasteiger partial charge in [0, 0.05) is 5.56 Å². The Labute approximate surface area is 146 Å². The molecule has 0 bridgehead atoms. The van der Waals surface area contributed by atoms with Crippen LogP contribution in [0.2, 0.25) is 5.02 Å². The molecule has 24 heavy (non-hydrogen) atoms. The van der Waals surface area contributed by atoms with Crippen molar-refractivity contribution in [1.82, 2.24) is 0 Å². The van der Waals surface area contributed by atoms with E-state index in [0.717, 1.165) is 11.4 Å². The van der Waals surface area contributed by atoms with Crippen LogP contribution in [0.4, 0.5) is 5.69 Å². The monoisotopic (exact) mass is 339 g/mol. The summed E-state index contributed by atoms with van der Waals surface area (Å²) in [6, 6.07) is 22.0. The lowest BCUT2D eigenvalue weighted by Gasteiger charge is -2.14. The predicted molar refractivity (Wildman–Crippen MR) is 99.5 cm³/mol. The number of likely N-dealkylation sites (N-methyl/N-ethyl adjacent to an activating group) is 1. The number of halogens is 1. The molecule has 0 aliphatic heterocycles. The van der Waals surface area contributed by atoms with Gasteiger partial charge >= 0.3 is 0 Å². The maximum Gasteiger partial charge on any atom is 0.279 e. The van der Waals surface area contributed by atoms with E-state index in [4.69, 9.17) is 11.6 Å². The highest BCUT2D eigenvalue weighted by atomic mass is 35.5. The Balaban J connectivity index is 1.61. The smallest absolute Gasteiger partial charge is 0.279 e. The molecule has 0 aromatic heterocycles. The van der Waals surface area contributed by atoms with Gasteiger partial charge in [-0.05, 0) is 29.0 Å². The number of carbonyl (C=O) groups is 1. The van der Waals surface area contributed by atoms with Crippen LogP contribution in [0, 0.1) is 0 Å². The Hall–Kier alpha value is -2.36. The molecule has 0 radical (unpaired) electrons. The van der Waals surface area contributed by atoms with Crippen LogP contribution in [0.15, 0.2) is 66.7 Å². The molecule has 3 aromatic carbocycles. The lowest BCUT2D eigenvalue weighted by Crippen LogP contribution is -3.08. The highest BCUT2D eigenvalue weighted by molar-refractivity contribution is 6.33.